The molecule has 1 aliphatic heterocycles. The molecule has 7 heteroatoms. The normalized spacial score (nSPS) is 17.8. The number of ether oxygens (including phenoxy) is 1. The SMILES string of the molecule is CCOC(=O)N1CCN(C(=O)C(N)CO)CC1. The lowest BCUT2D eigenvalue weighted by molar-refractivity contribution is -0.135. The lowest BCUT2D eigenvalue weighted by Gasteiger charge is -2.34. The summed E-state index contributed by atoms with van der Waals surface area (Å²) in [6.07, 6.45) is -0.356. The monoisotopic (exact) mass is 245 g/mol. The molecule has 98 valence electrons. The maximum Gasteiger partial charge on any atom is 0.409 e. The molecule has 1 saturated heterocycles. The predicted molar refractivity (Wildman–Crippen MR) is 60.2 cm³/mol. The molecular weight excluding hydrogens is 226 g/mol. The number of aliphatic hydroxyl groups is 1. The highest BCUT2D eigenvalue weighted by molar-refractivity contribution is 5.82. The van der Waals surface area contributed by atoms with Crippen molar-refractivity contribution < 1.29 is 19.4 Å². The lowest BCUT2D eigenvalue weighted by atomic mass is 10.2. The van der Waals surface area contributed by atoms with Crippen LogP contribution in [0.1, 0.15) is 6.92 Å². The van der Waals surface area contributed by atoms with Gasteiger partial charge in [-0.1, -0.05) is 0 Å². The quantitative estimate of drug-likeness (QED) is 0.638. The third-order valence-electron chi connectivity index (χ3n) is 2.63. The van der Waals surface area contributed by atoms with Crippen LogP contribution >= 0.6 is 0 Å². The number of hydrogen-bond acceptors (Lipinski definition) is 5. The van der Waals surface area contributed by atoms with E-state index in [1.165, 1.54) is 0 Å². The van der Waals surface area contributed by atoms with Crippen LogP contribution < -0.4 is 5.73 Å². The van der Waals surface area contributed by atoms with E-state index in [1.54, 1.807) is 16.7 Å². The van der Waals surface area contributed by atoms with Crippen molar-refractivity contribution in [1.82, 2.24) is 9.80 Å². The van der Waals surface area contributed by atoms with Crippen molar-refractivity contribution in [2.75, 3.05) is 39.4 Å². The van der Waals surface area contributed by atoms with Crippen LogP contribution in [0, 0.1) is 0 Å². The average Bonchev–Trinajstić information content (AvgIpc) is 2.37. The fraction of sp³-hybridized carbons (Fsp3) is 0.800. The highest BCUT2D eigenvalue weighted by Gasteiger charge is 2.27. The van der Waals surface area contributed by atoms with E-state index in [0.29, 0.717) is 32.8 Å². The van der Waals surface area contributed by atoms with Gasteiger partial charge in [0.15, 0.2) is 0 Å². The minimum atomic E-state index is -0.871. The molecule has 1 unspecified atom stereocenters. The van der Waals surface area contributed by atoms with Crippen LogP contribution in [0.25, 0.3) is 0 Å². The van der Waals surface area contributed by atoms with Crippen LogP contribution in [0.5, 0.6) is 0 Å². The molecule has 1 aliphatic rings. The second-order valence-electron chi connectivity index (χ2n) is 3.80. The van der Waals surface area contributed by atoms with Crippen molar-refractivity contribution in [2.24, 2.45) is 5.73 Å². The van der Waals surface area contributed by atoms with Gasteiger partial charge >= 0.3 is 6.09 Å². The molecule has 1 heterocycles. The van der Waals surface area contributed by atoms with Crippen LogP contribution in [0.3, 0.4) is 0 Å². The fourth-order valence-electron chi connectivity index (χ4n) is 1.64. The number of piperazine rings is 1. The lowest BCUT2D eigenvalue weighted by Crippen LogP contribution is -2.55. The molecule has 1 atom stereocenters. The summed E-state index contributed by atoms with van der Waals surface area (Å²) in [6.45, 7) is 3.43. The first-order chi connectivity index (χ1) is 8.10. The second-order valence-corrected chi connectivity index (χ2v) is 3.80. The Morgan fingerprint density at radius 3 is 2.29 bits per heavy atom. The molecule has 17 heavy (non-hydrogen) atoms. The van der Waals surface area contributed by atoms with Crippen LogP contribution in [0.2, 0.25) is 0 Å². The molecular formula is C10H19N3O4. The first-order valence-electron chi connectivity index (χ1n) is 5.67. The van der Waals surface area contributed by atoms with E-state index in [4.69, 9.17) is 15.6 Å². The third-order valence-corrected chi connectivity index (χ3v) is 2.63. The summed E-state index contributed by atoms with van der Waals surface area (Å²) in [5, 5.41) is 8.79. The molecule has 0 aromatic rings. The summed E-state index contributed by atoms with van der Waals surface area (Å²) in [4.78, 5) is 26.1. The van der Waals surface area contributed by atoms with E-state index in [9.17, 15) is 9.59 Å². The van der Waals surface area contributed by atoms with Crippen LogP contribution in [0.15, 0.2) is 0 Å². The van der Waals surface area contributed by atoms with Gasteiger partial charge < -0.3 is 25.4 Å². The largest absolute Gasteiger partial charge is 0.450 e. The van der Waals surface area contributed by atoms with Gasteiger partial charge in [0.1, 0.15) is 6.04 Å². The number of carbonyl (C=O) groups is 2. The van der Waals surface area contributed by atoms with Crippen molar-refractivity contribution in [2.45, 2.75) is 13.0 Å². The van der Waals surface area contributed by atoms with E-state index in [-0.39, 0.29) is 18.6 Å². The van der Waals surface area contributed by atoms with Gasteiger partial charge in [0.05, 0.1) is 13.2 Å². The van der Waals surface area contributed by atoms with Crippen molar-refractivity contribution in [3.8, 4) is 0 Å². The number of nitrogens with two attached hydrogens (primary N) is 1. The Hall–Kier alpha value is -1.34. The first kappa shape index (κ1) is 13.7. The van der Waals surface area contributed by atoms with E-state index in [0.717, 1.165) is 0 Å². The summed E-state index contributed by atoms with van der Waals surface area (Å²) in [5.74, 6) is -0.281. The Morgan fingerprint density at radius 1 is 1.29 bits per heavy atom. The molecule has 1 rings (SSSR count). The Labute approximate surface area is 100 Å². The van der Waals surface area contributed by atoms with Crippen LogP contribution in [-0.4, -0.2) is 72.3 Å². The molecule has 3 N–H and O–H groups in total. The summed E-state index contributed by atoms with van der Waals surface area (Å²) < 4.78 is 4.86. The molecule has 0 radical (unpaired) electrons. The Morgan fingerprint density at radius 2 is 1.82 bits per heavy atom. The molecule has 0 saturated carbocycles. The van der Waals surface area contributed by atoms with Crippen LogP contribution in [-0.2, 0) is 9.53 Å². The molecule has 0 spiro atoms. The molecule has 0 aromatic carbocycles. The third kappa shape index (κ3) is 3.57. The number of aliphatic hydroxyl groups excluding tert-OH is 1. The number of hydrogen-bond donors (Lipinski definition) is 2. The Balaban J connectivity index is 2.40. The van der Waals surface area contributed by atoms with Crippen molar-refractivity contribution >= 4 is 12.0 Å². The molecule has 2 amide bonds. The number of carbonyl (C=O) groups excluding carboxylic acids is 2. The van der Waals surface area contributed by atoms with E-state index < -0.39 is 6.04 Å². The standard InChI is InChI=1S/C10H19N3O4/c1-2-17-10(16)13-5-3-12(4-6-13)9(15)8(11)7-14/h8,14H,2-7,11H2,1H3. The van der Waals surface area contributed by atoms with Crippen molar-refractivity contribution in [3.63, 3.8) is 0 Å². The van der Waals surface area contributed by atoms with Gasteiger partial charge in [-0.2, -0.15) is 0 Å². The zero-order valence-electron chi connectivity index (χ0n) is 9.96. The Bertz CT molecular complexity index is 277. The Kier molecular flexibility index (Phi) is 5.17. The van der Waals surface area contributed by atoms with Crippen molar-refractivity contribution in [1.29, 1.82) is 0 Å². The summed E-state index contributed by atoms with van der Waals surface area (Å²) >= 11 is 0. The van der Waals surface area contributed by atoms with E-state index in [1.807, 2.05) is 0 Å². The summed E-state index contributed by atoms with van der Waals surface area (Å²) in [6, 6.07) is -0.871. The van der Waals surface area contributed by atoms with Gasteiger partial charge in [-0.15, -0.1) is 0 Å². The molecule has 0 aromatic heterocycles. The highest BCUT2D eigenvalue weighted by Crippen LogP contribution is 2.05. The second kappa shape index (κ2) is 6.41. The van der Waals surface area contributed by atoms with Gasteiger partial charge in [-0.3, -0.25) is 4.79 Å². The molecule has 1 fully saturated rings. The van der Waals surface area contributed by atoms with Gasteiger partial charge in [-0.05, 0) is 6.92 Å². The predicted octanol–water partition coefficient (Wildman–Crippen LogP) is -1.39. The van der Waals surface area contributed by atoms with Gasteiger partial charge in [0.2, 0.25) is 5.91 Å². The van der Waals surface area contributed by atoms with Crippen LogP contribution in [0.4, 0.5) is 4.79 Å². The highest BCUT2D eigenvalue weighted by atomic mass is 16.6. The first-order valence-corrected chi connectivity index (χ1v) is 5.67. The smallest absolute Gasteiger partial charge is 0.409 e. The number of rotatable bonds is 3. The summed E-state index contributed by atoms with van der Waals surface area (Å²) in [7, 11) is 0. The van der Waals surface area contributed by atoms with E-state index in [2.05, 4.69) is 0 Å². The fourth-order valence-corrected chi connectivity index (χ4v) is 1.64. The van der Waals surface area contributed by atoms with Gasteiger partial charge in [0, 0.05) is 26.2 Å². The zero-order chi connectivity index (χ0) is 12.8. The number of nitrogens with zero attached hydrogens (tertiary/aromatic N) is 2. The molecule has 0 aliphatic carbocycles. The molecule has 7 nitrogen and oxygen atoms in total. The zero-order valence-corrected chi connectivity index (χ0v) is 9.96. The van der Waals surface area contributed by atoms with Crippen molar-refractivity contribution in [3.05, 3.63) is 0 Å². The number of amides is 2. The molecule has 0 bridgehead atoms. The minimum absolute atomic E-state index is 0.281. The average molecular weight is 245 g/mol. The summed E-state index contributed by atoms with van der Waals surface area (Å²) in [5.41, 5.74) is 5.44. The minimum Gasteiger partial charge on any atom is -0.450 e. The van der Waals surface area contributed by atoms with Gasteiger partial charge in [-0.25, -0.2) is 4.79 Å². The van der Waals surface area contributed by atoms with E-state index >= 15 is 0 Å². The maximum atomic E-state index is 11.6. The topological polar surface area (TPSA) is 96.1 Å². The maximum absolute atomic E-state index is 11.6. The van der Waals surface area contributed by atoms with Gasteiger partial charge in [0.25, 0.3) is 0 Å².